The highest BCUT2D eigenvalue weighted by Gasteiger charge is 2.45. The molecule has 2 atom stereocenters. The highest BCUT2D eigenvalue weighted by atomic mass is 16.5. The van der Waals surface area contributed by atoms with Crippen molar-refractivity contribution in [3.05, 3.63) is 0 Å². The van der Waals surface area contributed by atoms with Crippen LogP contribution in [-0.2, 0) is 14.3 Å². The topological polar surface area (TPSA) is 55.8 Å². The SMILES string of the molecule is CCOC(=O)C(O)(CC)C(COC)C(C)C. The van der Waals surface area contributed by atoms with Gasteiger partial charge in [0.25, 0.3) is 0 Å². The third-order valence-corrected chi connectivity index (χ3v) is 2.93. The molecule has 1 N–H and O–H groups in total. The van der Waals surface area contributed by atoms with E-state index in [2.05, 4.69) is 0 Å². The lowest BCUT2D eigenvalue weighted by Gasteiger charge is -2.35. The zero-order valence-electron chi connectivity index (χ0n) is 10.9. The second-order valence-electron chi connectivity index (χ2n) is 4.30. The van der Waals surface area contributed by atoms with E-state index in [1.807, 2.05) is 13.8 Å². The number of ether oxygens (including phenoxy) is 2. The van der Waals surface area contributed by atoms with Crippen molar-refractivity contribution in [1.82, 2.24) is 0 Å². The van der Waals surface area contributed by atoms with E-state index in [0.717, 1.165) is 0 Å². The third-order valence-electron chi connectivity index (χ3n) is 2.93. The van der Waals surface area contributed by atoms with Gasteiger partial charge in [-0.1, -0.05) is 20.8 Å². The number of carbonyl (C=O) groups excluding carboxylic acids is 1. The molecule has 0 heterocycles. The molecule has 0 aliphatic heterocycles. The van der Waals surface area contributed by atoms with E-state index in [4.69, 9.17) is 9.47 Å². The van der Waals surface area contributed by atoms with Crippen molar-refractivity contribution in [3.63, 3.8) is 0 Å². The molecule has 4 nitrogen and oxygen atoms in total. The van der Waals surface area contributed by atoms with Crippen molar-refractivity contribution in [3.8, 4) is 0 Å². The quantitative estimate of drug-likeness (QED) is 0.677. The molecule has 0 rings (SSSR count). The van der Waals surface area contributed by atoms with Gasteiger partial charge in [-0.2, -0.15) is 0 Å². The summed E-state index contributed by atoms with van der Waals surface area (Å²) in [6.45, 7) is 8.06. The lowest BCUT2D eigenvalue weighted by atomic mass is 9.78. The summed E-state index contributed by atoms with van der Waals surface area (Å²) in [6, 6.07) is 0. The van der Waals surface area contributed by atoms with Crippen LogP contribution in [0.3, 0.4) is 0 Å². The number of hydrogen-bond donors (Lipinski definition) is 1. The summed E-state index contributed by atoms with van der Waals surface area (Å²) in [6.07, 6.45) is 0.331. The summed E-state index contributed by atoms with van der Waals surface area (Å²) < 4.78 is 10.0. The smallest absolute Gasteiger partial charge is 0.338 e. The van der Waals surface area contributed by atoms with Gasteiger partial charge in [-0.25, -0.2) is 4.79 Å². The molecule has 4 heteroatoms. The van der Waals surface area contributed by atoms with Crippen LogP contribution in [0, 0.1) is 11.8 Å². The lowest BCUT2D eigenvalue weighted by Crippen LogP contribution is -2.50. The normalized spacial score (nSPS) is 16.9. The predicted molar refractivity (Wildman–Crippen MR) is 62.1 cm³/mol. The fraction of sp³-hybridized carbons (Fsp3) is 0.917. The van der Waals surface area contributed by atoms with Crippen LogP contribution < -0.4 is 0 Å². The summed E-state index contributed by atoms with van der Waals surface area (Å²) in [4.78, 5) is 11.8. The molecule has 0 bridgehead atoms. The summed E-state index contributed by atoms with van der Waals surface area (Å²) in [5.74, 6) is -0.649. The Morgan fingerprint density at radius 1 is 1.38 bits per heavy atom. The number of hydrogen-bond acceptors (Lipinski definition) is 4. The van der Waals surface area contributed by atoms with Crippen molar-refractivity contribution in [2.24, 2.45) is 11.8 Å². The minimum atomic E-state index is -1.44. The van der Waals surface area contributed by atoms with Crippen LogP contribution in [0.5, 0.6) is 0 Å². The standard InChI is InChI=1S/C12H24O4/c1-6-12(14,11(13)16-7-2)10(8-15-5)9(3)4/h9-10,14H,6-8H2,1-5H3. The Hall–Kier alpha value is -0.610. The van der Waals surface area contributed by atoms with Gasteiger partial charge in [-0.05, 0) is 19.3 Å². The molecule has 0 amide bonds. The molecule has 0 aliphatic rings. The highest BCUT2D eigenvalue weighted by Crippen LogP contribution is 2.29. The van der Waals surface area contributed by atoms with Gasteiger partial charge in [0.15, 0.2) is 5.60 Å². The molecular formula is C12H24O4. The van der Waals surface area contributed by atoms with Crippen molar-refractivity contribution < 1.29 is 19.4 Å². The second-order valence-corrected chi connectivity index (χ2v) is 4.30. The van der Waals surface area contributed by atoms with Crippen LogP contribution in [-0.4, -0.2) is 37.0 Å². The molecule has 0 saturated heterocycles. The summed E-state index contributed by atoms with van der Waals surface area (Å²) in [5, 5.41) is 10.4. The van der Waals surface area contributed by atoms with Crippen LogP contribution >= 0.6 is 0 Å². The van der Waals surface area contributed by atoms with Gasteiger partial charge in [0.1, 0.15) is 0 Å². The summed E-state index contributed by atoms with van der Waals surface area (Å²) in [5.41, 5.74) is -1.44. The lowest BCUT2D eigenvalue weighted by molar-refractivity contribution is -0.177. The fourth-order valence-electron chi connectivity index (χ4n) is 1.88. The first kappa shape index (κ1) is 15.4. The maximum atomic E-state index is 11.8. The van der Waals surface area contributed by atoms with Crippen molar-refractivity contribution >= 4 is 5.97 Å². The van der Waals surface area contributed by atoms with Crippen molar-refractivity contribution in [2.45, 2.75) is 39.7 Å². The van der Waals surface area contributed by atoms with Crippen LogP contribution in [0.25, 0.3) is 0 Å². The molecule has 0 radical (unpaired) electrons. The molecule has 0 aromatic heterocycles. The second kappa shape index (κ2) is 6.86. The Morgan fingerprint density at radius 3 is 2.25 bits per heavy atom. The van der Waals surface area contributed by atoms with Gasteiger partial charge in [0.05, 0.1) is 13.2 Å². The van der Waals surface area contributed by atoms with Gasteiger partial charge in [0, 0.05) is 13.0 Å². The Balaban J connectivity index is 4.93. The minimum Gasteiger partial charge on any atom is -0.464 e. The Morgan fingerprint density at radius 2 is 1.94 bits per heavy atom. The largest absolute Gasteiger partial charge is 0.464 e. The van der Waals surface area contributed by atoms with E-state index in [0.29, 0.717) is 13.0 Å². The van der Waals surface area contributed by atoms with Gasteiger partial charge < -0.3 is 14.6 Å². The van der Waals surface area contributed by atoms with Crippen LogP contribution in [0.1, 0.15) is 34.1 Å². The van der Waals surface area contributed by atoms with E-state index < -0.39 is 11.6 Å². The maximum Gasteiger partial charge on any atom is 0.338 e. The average molecular weight is 232 g/mol. The van der Waals surface area contributed by atoms with E-state index in [1.165, 1.54) is 0 Å². The van der Waals surface area contributed by atoms with Gasteiger partial charge in [0.2, 0.25) is 0 Å². The number of aliphatic hydroxyl groups is 1. The molecule has 96 valence electrons. The Labute approximate surface area is 97.9 Å². The van der Waals surface area contributed by atoms with E-state index >= 15 is 0 Å². The van der Waals surface area contributed by atoms with Crippen LogP contribution in [0.15, 0.2) is 0 Å². The predicted octanol–water partition coefficient (Wildman–Crippen LogP) is 1.61. The van der Waals surface area contributed by atoms with Gasteiger partial charge >= 0.3 is 5.97 Å². The number of rotatable bonds is 7. The van der Waals surface area contributed by atoms with E-state index in [1.54, 1.807) is 21.0 Å². The summed E-state index contributed by atoms with van der Waals surface area (Å²) in [7, 11) is 1.57. The first-order valence-electron chi connectivity index (χ1n) is 5.82. The minimum absolute atomic E-state index is 0.148. The molecule has 0 aromatic carbocycles. The summed E-state index contributed by atoms with van der Waals surface area (Å²) >= 11 is 0. The first-order valence-corrected chi connectivity index (χ1v) is 5.82. The first-order chi connectivity index (χ1) is 7.43. The molecule has 2 unspecified atom stereocenters. The highest BCUT2D eigenvalue weighted by molar-refractivity contribution is 5.79. The molecule has 0 aromatic rings. The zero-order chi connectivity index (χ0) is 12.8. The van der Waals surface area contributed by atoms with Gasteiger partial charge in [-0.15, -0.1) is 0 Å². The Kier molecular flexibility index (Phi) is 6.60. The molecule has 0 fully saturated rings. The number of methoxy groups -OCH3 is 1. The molecule has 0 aliphatic carbocycles. The van der Waals surface area contributed by atoms with E-state index in [9.17, 15) is 9.90 Å². The zero-order valence-corrected chi connectivity index (χ0v) is 10.9. The monoisotopic (exact) mass is 232 g/mol. The molecule has 16 heavy (non-hydrogen) atoms. The van der Waals surface area contributed by atoms with E-state index in [-0.39, 0.29) is 18.4 Å². The molecule has 0 spiro atoms. The van der Waals surface area contributed by atoms with Crippen molar-refractivity contribution in [1.29, 1.82) is 0 Å². The van der Waals surface area contributed by atoms with Crippen molar-refractivity contribution in [2.75, 3.05) is 20.3 Å². The number of esters is 1. The molecular weight excluding hydrogens is 208 g/mol. The average Bonchev–Trinajstić information content (AvgIpc) is 2.24. The fourth-order valence-corrected chi connectivity index (χ4v) is 1.88. The van der Waals surface area contributed by atoms with Crippen LogP contribution in [0.4, 0.5) is 0 Å². The Bertz CT molecular complexity index is 215. The van der Waals surface area contributed by atoms with Crippen LogP contribution in [0.2, 0.25) is 0 Å². The number of carbonyl (C=O) groups is 1. The third kappa shape index (κ3) is 3.46. The molecule has 0 saturated carbocycles. The maximum absolute atomic E-state index is 11.8. The van der Waals surface area contributed by atoms with Gasteiger partial charge in [-0.3, -0.25) is 0 Å².